The Morgan fingerprint density at radius 1 is 1.12 bits per heavy atom. The number of nitrogens with zero attached hydrogens (tertiary/aromatic N) is 1. The fourth-order valence-electron chi connectivity index (χ4n) is 1.65. The third kappa shape index (κ3) is 2.41. The van der Waals surface area contributed by atoms with Gasteiger partial charge in [0.1, 0.15) is 0 Å². The molecule has 1 nitrogen and oxygen atoms in total. The van der Waals surface area contributed by atoms with Crippen molar-refractivity contribution in [2.24, 2.45) is 0 Å². The summed E-state index contributed by atoms with van der Waals surface area (Å²) in [5.41, 5.74) is 2.27. The summed E-state index contributed by atoms with van der Waals surface area (Å²) in [6, 6.07) is 6.13. The quantitative estimate of drug-likeness (QED) is 0.601. The van der Waals surface area contributed by atoms with E-state index in [1.54, 1.807) is 0 Å². The van der Waals surface area contributed by atoms with Crippen LogP contribution >= 0.6 is 0 Å². The Morgan fingerprint density at radius 2 is 1.88 bits per heavy atom. The van der Waals surface area contributed by atoms with Crippen LogP contribution in [0, 0.1) is 18.8 Å². The molecule has 0 saturated heterocycles. The van der Waals surface area contributed by atoms with Gasteiger partial charge in [0.2, 0.25) is 0 Å². The predicted molar refractivity (Wildman–Crippen MR) is 70.4 cm³/mol. The molecule has 0 aliphatic heterocycles. The normalized spacial score (nSPS) is 8.75. The van der Waals surface area contributed by atoms with E-state index >= 15 is 0 Å². The number of hydrogen-bond donors (Lipinski definition) is 0. The highest BCUT2D eigenvalue weighted by Gasteiger charge is 2.00. The summed E-state index contributed by atoms with van der Waals surface area (Å²) >= 11 is 0. The van der Waals surface area contributed by atoms with Gasteiger partial charge < -0.3 is 0 Å². The molecule has 0 N–H and O–H groups in total. The number of aromatic nitrogens is 1. The minimum absolute atomic E-state index is 1.09. The van der Waals surface area contributed by atoms with Gasteiger partial charge in [0.25, 0.3) is 0 Å². The van der Waals surface area contributed by atoms with Crippen molar-refractivity contribution in [2.45, 2.75) is 27.7 Å². The minimum Gasteiger partial charge on any atom is -0.264 e. The Labute approximate surface area is 97.5 Å². The zero-order chi connectivity index (χ0) is 12.0. The maximum Gasteiger partial charge on any atom is 0.0347 e. The zero-order valence-electron chi connectivity index (χ0n) is 10.3. The summed E-state index contributed by atoms with van der Waals surface area (Å²) in [5, 5.41) is 2.38. The maximum absolute atomic E-state index is 4.17. The molecule has 0 fully saturated rings. The molecule has 82 valence electrons. The molecular formula is C15H17N. The SMILES string of the molecule is CC.CC#Cc1cccc2cncc(C)c12. The molecule has 0 atom stereocenters. The van der Waals surface area contributed by atoms with Crippen molar-refractivity contribution in [1.29, 1.82) is 0 Å². The third-order valence-corrected chi connectivity index (χ3v) is 2.23. The Morgan fingerprint density at radius 3 is 2.56 bits per heavy atom. The van der Waals surface area contributed by atoms with Gasteiger partial charge in [-0.25, -0.2) is 0 Å². The van der Waals surface area contributed by atoms with Crippen LogP contribution in [0.5, 0.6) is 0 Å². The van der Waals surface area contributed by atoms with E-state index in [2.05, 4.69) is 29.8 Å². The first-order valence-electron chi connectivity index (χ1n) is 5.59. The second-order valence-electron chi connectivity index (χ2n) is 3.24. The van der Waals surface area contributed by atoms with Gasteiger partial charge in [0.05, 0.1) is 0 Å². The highest BCUT2D eigenvalue weighted by atomic mass is 14.6. The van der Waals surface area contributed by atoms with Crippen LogP contribution in [0.4, 0.5) is 0 Å². The molecule has 1 aromatic heterocycles. The number of benzene rings is 1. The average Bonchev–Trinajstić information content (AvgIpc) is 2.32. The molecular weight excluding hydrogens is 194 g/mol. The van der Waals surface area contributed by atoms with Crippen molar-refractivity contribution in [3.63, 3.8) is 0 Å². The highest BCUT2D eigenvalue weighted by molar-refractivity contribution is 5.90. The van der Waals surface area contributed by atoms with Gasteiger partial charge >= 0.3 is 0 Å². The Balaban J connectivity index is 0.000000606. The molecule has 0 spiro atoms. The first kappa shape index (κ1) is 12.3. The van der Waals surface area contributed by atoms with Gasteiger partial charge in [-0.15, -0.1) is 5.92 Å². The Kier molecular flexibility index (Phi) is 4.54. The Hall–Kier alpha value is -1.81. The van der Waals surface area contributed by atoms with E-state index in [1.807, 2.05) is 45.3 Å². The van der Waals surface area contributed by atoms with E-state index in [0.29, 0.717) is 0 Å². The van der Waals surface area contributed by atoms with Crippen LogP contribution in [0.2, 0.25) is 0 Å². The average molecular weight is 211 g/mol. The van der Waals surface area contributed by atoms with Gasteiger partial charge in [0.15, 0.2) is 0 Å². The largest absolute Gasteiger partial charge is 0.264 e. The molecule has 0 bridgehead atoms. The minimum atomic E-state index is 1.09. The molecule has 1 heterocycles. The van der Waals surface area contributed by atoms with Crippen molar-refractivity contribution < 1.29 is 0 Å². The van der Waals surface area contributed by atoms with Gasteiger partial charge in [-0.3, -0.25) is 4.98 Å². The van der Waals surface area contributed by atoms with Crippen molar-refractivity contribution in [1.82, 2.24) is 4.98 Å². The molecule has 2 rings (SSSR count). The molecule has 0 saturated carbocycles. The number of pyridine rings is 1. The van der Waals surface area contributed by atoms with Crippen LogP contribution in [-0.4, -0.2) is 4.98 Å². The van der Waals surface area contributed by atoms with Gasteiger partial charge in [-0.2, -0.15) is 0 Å². The lowest BCUT2D eigenvalue weighted by atomic mass is 10.0. The van der Waals surface area contributed by atoms with E-state index in [0.717, 1.165) is 10.9 Å². The zero-order valence-corrected chi connectivity index (χ0v) is 10.3. The number of rotatable bonds is 0. The second kappa shape index (κ2) is 5.92. The fraction of sp³-hybridized carbons (Fsp3) is 0.267. The van der Waals surface area contributed by atoms with Gasteiger partial charge in [-0.05, 0) is 25.5 Å². The second-order valence-corrected chi connectivity index (χ2v) is 3.24. The van der Waals surface area contributed by atoms with Crippen LogP contribution in [0.1, 0.15) is 31.9 Å². The van der Waals surface area contributed by atoms with Crippen molar-refractivity contribution in [3.8, 4) is 11.8 Å². The molecule has 0 radical (unpaired) electrons. The van der Waals surface area contributed by atoms with E-state index in [4.69, 9.17) is 0 Å². The summed E-state index contributed by atoms with van der Waals surface area (Å²) < 4.78 is 0. The number of hydrogen-bond acceptors (Lipinski definition) is 1. The lowest BCUT2D eigenvalue weighted by Crippen LogP contribution is -1.85. The lowest BCUT2D eigenvalue weighted by Gasteiger charge is -2.02. The summed E-state index contributed by atoms with van der Waals surface area (Å²) in [7, 11) is 0. The first-order valence-corrected chi connectivity index (χ1v) is 5.59. The molecule has 1 aromatic carbocycles. The van der Waals surface area contributed by atoms with Crippen LogP contribution in [0.25, 0.3) is 10.8 Å². The molecule has 1 heteroatoms. The maximum atomic E-state index is 4.17. The van der Waals surface area contributed by atoms with E-state index in [-0.39, 0.29) is 0 Å². The van der Waals surface area contributed by atoms with Crippen LogP contribution in [0.3, 0.4) is 0 Å². The summed E-state index contributed by atoms with van der Waals surface area (Å²) in [5.74, 6) is 6.05. The predicted octanol–water partition coefficient (Wildman–Crippen LogP) is 3.94. The smallest absolute Gasteiger partial charge is 0.0347 e. The third-order valence-electron chi connectivity index (χ3n) is 2.23. The molecule has 0 aliphatic carbocycles. The standard InChI is InChI=1S/C13H11N.C2H6/c1-3-5-11-6-4-7-12-9-14-8-10(2)13(11)12;1-2/h4,6-9H,1-2H3;1-2H3. The summed E-state index contributed by atoms with van der Waals surface area (Å²) in [4.78, 5) is 4.17. The molecule has 16 heavy (non-hydrogen) atoms. The van der Waals surface area contributed by atoms with E-state index < -0.39 is 0 Å². The van der Waals surface area contributed by atoms with E-state index in [9.17, 15) is 0 Å². The first-order chi connectivity index (χ1) is 7.83. The molecule has 0 aliphatic rings. The fourth-order valence-corrected chi connectivity index (χ4v) is 1.65. The summed E-state index contributed by atoms with van der Waals surface area (Å²) in [6.07, 6.45) is 3.76. The van der Waals surface area contributed by atoms with Gasteiger partial charge in [0, 0.05) is 28.7 Å². The van der Waals surface area contributed by atoms with Crippen LogP contribution in [-0.2, 0) is 0 Å². The number of fused-ring (bicyclic) bond motifs is 1. The molecule has 0 amide bonds. The Bertz CT molecular complexity index is 525. The van der Waals surface area contributed by atoms with Crippen LogP contribution in [0.15, 0.2) is 30.6 Å². The lowest BCUT2D eigenvalue weighted by molar-refractivity contribution is 1.31. The van der Waals surface area contributed by atoms with Crippen LogP contribution < -0.4 is 0 Å². The van der Waals surface area contributed by atoms with Crippen molar-refractivity contribution in [2.75, 3.05) is 0 Å². The topological polar surface area (TPSA) is 12.9 Å². The highest BCUT2D eigenvalue weighted by Crippen LogP contribution is 2.20. The van der Waals surface area contributed by atoms with Gasteiger partial charge in [-0.1, -0.05) is 31.9 Å². The van der Waals surface area contributed by atoms with E-state index in [1.165, 1.54) is 10.9 Å². The number of aryl methyl sites for hydroxylation is 1. The summed E-state index contributed by atoms with van der Waals surface area (Å²) in [6.45, 7) is 7.92. The van der Waals surface area contributed by atoms with Crippen molar-refractivity contribution >= 4 is 10.8 Å². The molecule has 2 aromatic rings. The molecule has 0 unspecified atom stereocenters. The van der Waals surface area contributed by atoms with Crippen molar-refractivity contribution in [3.05, 3.63) is 41.7 Å². The monoisotopic (exact) mass is 211 g/mol.